The predicted molar refractivity (Wildman–Crippen MR) is 108 cm³/mol. The Morgan fingerprint density at radius 1 is 1.20 bits per heavy atom. The molecular weight excluding hydrogens is 433 g/mol. The molecule has 0 bridgehead atoms. The molecule has 7 nitrogen and oxygen atoms in total. The number of likely N-dealkylation sites (N-methyl/N-ethyl adjacent to an activating group) is 1. The number of carbonyl (C=O) groups excluding carboxylic acids is 2. The second-order valence-electron chi connectivity index (χ2n) is 7.29. The van der Waals surface area contributed by atoms with Gasteiger partial charge in [0.05, 0.1) is 6.54 Å². The molecule has 3 rings (SSSR count). The molecule has 3 fully saturated rings. The van der Waals surface area contributed by atoms with Crippen molar-refractivity contribution in [1.29, 1.82) is 0 Å². The quantitative estimate of drug-likeness (QED) is 0.382. The third-order valence-electron chi connectivity index (χ3n) is 5.10. The molecule has 0 aromatic carbocycles. The molecule has 2 aliphatic carbocycles. The van der Waals surface area contributed by atoms with Crippen LogP contribution in [-0.2, 0) is 9.59 Å². The lowest BCUT2D eigenvalue weighted by Gasteiger charge is -2.37. The summed E-state index contributed by atoms with van der Waals surface area (Å²) in [4.78, 5) is 34.4. The fourth-order valence-electron chi connectivity index (χ4n) is 3.41. The number of aliphatic imine (C=N–C) groups is 1. The Hall–Kier alpha value is -1.06. The predicted octanol–water partition coefficient (Wildman–Crippen LogP) is 0.887. The minimum absolute atomic E-state index is 0. The van der Waals surface area contributed by atoms with Gasteiger partial charge in [0.1, 0.15) is 6.54 Å². The van der Waals surface area contributed by atoms with Crippen molar-refractivity contribution in [2.24, 2.45) is 4.99 Å². The summed E-state index contributed by atoms with van der Waals surface area (Å²) in [5.74, 6) is 0.883. The number of hydrogen-bond donors (Lipinski definition) is 1. The number of nitrogens with one attached hydrogen (secondary N) is 1. The Bertz CT molecular complexity index is 515. The number of amides is 2. The van der Waals surface area contributed by atoms with Gasteiger partial charge in [0.2, 0.25) is 11.8 Å². The fourth-order valence-corrected chi connectivity index (χ4v) is 3.41. The number of halogens is 1. The molecule has 142 valence electrons. The van der Waals surface area contributed by atoms with Gasteiger partial charge >= 0.3 is 0 Å². The highest BCUT2D eigenvalue weighted by molar-refractivity contribution is 14.0. The van der Waals surface area contributed by atoms with E-state index in [2.05, 4.69) is 10.3 Å². The van der Waals surface area contributed by atoms with Crippen LogP contribution in [0, 0.1) is 0 Å². The highest BCUT2D eigenvalue weighted by atomic mass is 127. The molecule has 0 radical (unpaired) electrons. The van der Waals surface area contributed by atoms with Gasteiger partial charge in [0.15, 0.2) is 5.96 Å². The van der Waals surface area contributed by atoms with Gasteiger partial charge in [-0.3, -0.25) is 9.59 Å². The summed E-state index contributed by atoms with van der Waals surface area (Å²) in [5, 5.41) is 3.49. The van der Waals surface area contributed by atoms with Gasteiger partial charge in [0, 0.05) is 39.3 Å². The topological polar surface area (TPSA) is 68.2 Å². The molecule has 3 aliphatic rings. The largest absolute Gasteiger partial charge is 0.353 e. The molecule has 1 aliphatic heterocycles. The SMILES string of the molecule is CN(C)C(=O)CN=C(NC1CCCC1)N1CCN(C2CC2)C(=O)C1.I. The van der Waals surface area contributed by atoms with Crippen LogP contribution in [0.4, 0.5) is 0 Å². The zero-order valence-corrected chi connectivity index (χ0v) is 17.6. The second kappa shape index (κ2) is 9.05. The molecule has 0 spiro atoms. The summed E-state index contributed by atoms with van der Waals surface area (Å²) in [5.41, 5.74) is 0. The van der Waals surface area contributed by atoms with E-state index in [-0.39, 0.29) is 42.3 Å². The van der Waals surface area contributed by atoms with E-state index in [1.807, 2.05) is 9.80 Å². The van der Waals surface area contributed by atoms with Crippen molar-refractivity contribution in [2.45, 2.75) is 50.6 Å². The lowest BCUT2D eigenvalue weighted by atomic mass is 10.2. The molecule has 2 saturated carbocycles. The summed E-state index contributed by atoms with van der Waals surface area (Å²) in [7, 11) is 3.47. The van der Waals surface area contributed by atoms with Crippen molar-refractivity contribution < 1.29 is 9.59 Å². The van der Waals surface area contributed by atoms with Gasteiger partial charge in [-0.2, -0.15) is 0 Å². The molecule has 25 heavy (non-hydrogen) atoms. The maximum Gasteiger partial charge on any atom is 0.243 e. The number of rotatable bonds is 4. The van der Waals surface area contributed by atoms with Crippen molar-refractivity contribution in [3.63, 3.8) is 0 Å². The number of piperazine rings is 1. The van der Waals surface area contributed by atoms with Gasteiger partial charge < -0.3 is 20.0 Å². The van der Waals surface area contributed by atoms with Crippen LogP contribution in [0.25, 0.3) is 0 Å². The number of guanidine groups is 1. The zero-order valence-electron chi connectivity index (χ0n) is 15.2. The molecule has 0 aromatic heterocycles. The van der Waals surface area contributed by atoms with Crippen LogP contribution < -0.4 is 5.32 Å². The number of hydrogen-bond acceptors (Lipinski definition) is 3. The second-order valence-corrected chi connectivity index (χ2v) is 7.29. The van der Waals surface area contributed by atoms with E-state index in [9.17, 15) is 9.59 Å². The summed E-state index contributed by atoms with van der Waals surface area (Å²) in [6, 6.07) is 0.882. The van der Waals surface area contributed by atoms with E-state index in [4.69, 9.17) is 0 Å². The van der Waals surface area contributed by atoms with Gasteiger partial charge in [-0.15, -0.1) is 24.0 Å². The van der Waals surface area contributed by atoms with Crippen molar-refractivity contribution in [1.82, 2.24) is 20.0 Å². The molecule has 1 saturated heterocycles. The maximum absolute atomic E-state index is 12.4. The van der Waals surface area contributed by atoms with Crippen molar-refractivity contribution >= 4 is 41.8 Å². The maximum atomic E-state index is 12.4. The monoisotopic (exact) mass is 463 g/mol. The van der Waals surface area contributed by atoms with Crippen molar-refractivity contribution in [3.8, 4) is 0 Å². The Balaban J connectivity index is 0.00000225. The molecular formula is C17H30IN5O2. The van der Waals surface area contributed by atoms with Crippen LogP contribution >= 0.6 is 24.0 Å². The van der Waals surface area contributed by atoms with E-state index in [1.165, 1.54) is 12.8 Å². The van der Waals surface area contributed by atoms with E-state index in [0.717, 1.165) is 44.7 Å². The van der Waals surface area contributed by atoms with Crippen LogP contribution in [-0.4, -0.2) is 84.8 Å². The van der Waals surface area contributed by atoms with Gasteiger partial charge in [-0.1, -0.05) is 12.8 Å². The summed E-state index contributed by atoms with van der Waals surface area (Å²) in [6.07, 6.45) is 7.02. The molecule has 0 unspecified atom stereocenters. The van der Waals surface area contributed by atoms with Gasteiger partial charge in [-0.25, -0.2) is 4.99 Å². The summed E-state index contributed by atoms with van der Waals surface area (Å²) < 4.78 is 0. The lowest BCUT2D eigenvalue weighted by Crippen LogP contribution is -2.57. The van der Waals surface area contributed by atoms with E-state index in [1.54, 1.807) is 19.0 Å². The smallest absolute Gasteiger partial charge is 0.243 e. The average Bonchev–Trinajstić information content (AvgIpc) is 3.27. The van der Waals surface area contributed by atoms with Crippen LogP contribution in [0.2, 0.25) is 0 Å². The average molecular weight is 463 g/mol. The number of nitrogens with zero attached hydrogens (tertiary/aromatic N) is 4. The van der Waals surface area contributed by atoms with E-state index in [0.29, 0.717) is 18.6 Å². The first-order valence-corrected chi connectivity index (χ1v) is 9.10. The molecule has 1 heterocycles. The highest BCUT2D eigenvalue weighted by Gasteiger charge is 2.36. The lowest BCUT2D eigenvalue weighted by molar-refractivity contribution is -0.135. The molecule has 2 amide bonds. The van der Waals surface area contributed by atoms with Crippen molar-refractivity contribution in [2.75, 3.05) is 40.3 Å². The summed E-state index contributed by atoms with van der Waals surface area (Å²) in [6.45, 7) is 2.04. The molecule has 8 heteroatoms. The molecule has 0 atom stereocenters. The molecule has 0 aromatic rings. The minimum atomic E-state index is -0.0244. The van der Waals surface area contributed by atoms with Crippen molar-refractivity contribution in [3.05, 3.63) is 0 Å². The number of carbonyl (C=O) groups is 2. The Kier molecular flexibility index (Phi) is 7.33. The van der Waals surface area contributed by atoms with E-state index < -0.39 is 0 Å². The first-order chi connectivity index (χ1) is 11.5. The Labute approximate surface area is 167 Å². The van der Waals surface area contributed by atoms with Crippen LogP contribution in [0.5, 0.6) is 0 Å². The third-order valence-corrected chi connectivity index (χ3v) is 5.10. The fraction of sp³-hybridized carbons (Fsp3) is 0.824. The Morgan fingerprint density at radius 2 is 1.88 bits per heavy atom. The normalized spacial score (nSPS) is 22.0. The first kappa shape index (κ1) is 20.3. The minimum Gasteiger partial charge on any atom is -0.353 e. The highest BCUT2D eigenvalue weighted by Crippen LogP contribution is 2.28. The van der Waals surface area contributed by atoms with Gasteiger partial charge in [-0.05, 0) is 25.7 Å². The van der Waals surface area contributed by atoms with Gasteiger partial charge in [0.25, 0.3) is 0 Å². The Morgan fingerprint density at radius 3 is 2.44 bits per heavy atom. The standard InChI is InChI=1S/C17H29N5O2.HI/c1-20(2)15(23)11-18-17(19-13-5-3-4-6-13)21-9-10-22(14-7-8-14)16(24)12-21;/h13-14H,3-12H2,1-2H3,(H,18,19);1H. The first-order valence-electron chi connectivity index (χ1n) is 9.10. The summed E-state index contributed by atoms with van der Waals surface area (Å²) >= 11 is 0. The zero-order chi connectivity index (χ0) is 17.1. The van der Waals surface area contributed by atoms with Crippen LogP contribution in [0.3, 0.4) is 0 Å². The van der Waals surface area contributed by atoms with E-state index >= 15 is 0 Å². The van der Waals surface area contributed by atoms with Crippen LogP contribution in [0.1, 0.15) is 38.5 Å². The van der Waals surface area contributed by atoms with Crippen LogP contribution in [0.15, 0.2) is 4.99 Å². The molecule has 1 N–H and O–H groups in total. The third kappa shape index (κ3) is 5.46.